The molecule has 0 saturated heterocycles. The largest absolute Gasteiger partial charge is 0.468 e. The molecule has 0 spiro atoms. The second-order valence-corrected chi connectivity index (χ2v) is 4.53. The van der Waals surface area contributed by atoms with Crippen molar-refractivity contribution in [3.63, 3.8) is 0 Å². The molecule has 0 bridgehead atoms. The Hall–Kier alpha value is -1.99. The lowest BCUT2D eigenvalue weighted by molar-refractivity contribution is -0.154. The maximum Gasteiger partial charge on any atom is 0.422 e. The van der Waals surface area contributed by atoms with Gasteiger partial charge in [0.25, 0.3) is 0 Å². The Morgan fingerprint density at radius 1 is 1.27 bits per heavy atom. The van der Waals surface area contributed by atoms with Crippen LogP contribution in [0.1, 0.15) is 25.8 Å². The van der Waals surface area contributed by atoms with Crippen LogP contribution >= 0.6 is 0 Å². The molecule has 0 saturated carbocycles. The van der Waals surface area contributed by atoms with Gasteiger partial charge in [-0.15, -0.1) is 0 Å². The van der Waals surface area contributed by atoms with E-state index in [0.717, 1.165) is 25.1 Å². The lowest BCUT2D eigenvalue weighted by Gasteiger charge is -2.10. The van der Waals surface area contributed by atoms with Gasteiger partial charge in [0.2, 0.25) is 5.88 Å². The quantitative estimate of drug-likeness (QED) is 0.599. The van der Waals surface area contributed by atoms with E-state index < -0.39 is 12.8 Å². The van der Waals surface area contributed by atoms with Crippen molar-refractivity contribution in [2.45, 2.75) is 33.0 Å². The molecule has 1 heterocycles. The Morgan fingerprint density at radius 2 is 2.05 bits per heavy atom. The number of guanidine groups is 1. The summed E-state index contributed by atoms with van der Waals surface area (Å²) in [7, 11) is 0. The zero-order valence-corrected chi connectivity index (χ0v) is 12.7. The molecule has 22 heavy (non-hydrogen) atoms. The Morgan fingerprint density at radius 3 is 2.59 bits per heavy atom. The first-order valence-corrected chi connectivity index (χ1v) is 7.11. The molecule has 0 amide bonds. The second kappa shape index (κ2) is 9.11. The highest BCUT2D eigenvalue weighted by Gasteiger charge is 2.28. The monoisotopic (exact) mass is 318 g/mol. The predicted molar refractivity (Wildman–Crippen MR) is 78.9 cm³/mol. The van der Waals surface area contributed by atoms with Crippen molar-refractivity contribution >= 4 is 5.96 Å². The molecular weight excluding hydrogens is 297 g/mol. The second-order valence-electron chi connectivity index (χ2n) is 4.53. The van der Waals surface area contributed by atoms with Crippen LogP contribution in [-0.4, -0.2) is 36.8 Å². The highest BCUT2D eigenvalue weighted by molar-refractivity contribution is 5.79. The van der Waals surface area contributed by atoms with E-state index in [1.54, 1.807) is 6.07 Å². The van der Waals surface area contributed by atoms with Crippen LogP contribution in [-0.2, 0) is 6.54 Å². The summed E-state index contributed by atoms with van der Waals surface area (Å²) < 4.78 is 40.6. The number of aromatic nitrogens is 1. The zero-order valence-electron chi connectivity index (χ0n) is 12.7. The molecule has 0 atom stereocenters. The van der Waals surface area contributed by atoms with Crippen molar-refractivity contribution < 1.29 is 17.9 Å². The van der Waals surface area contributed by atoms with Crippen LogP contribution in [0.5, 0.6) is 5.88 Å². The van der Waals surface area contributed by atoms with Crippen LogP contribution in [0.2, 0.25) is 0 Å². The van der Waals surface area contributed by atoms with Gasteiger partial charge in [0, 0.05) is 25.4 Å². The summed E-state index contributed by atoms with van der Waals surface area (Å²) in [5.41, 5.74) is 0.785. The standard InChI is InChI=1S/C14H21F3N4O/c1-3-7-19-13(18-4-2)21-9-11-5-6-12(20-8-11)22-10-14(15,16)17/h5-6,8H,3-4,7,9-10H2,1-2H3,(H2,18,19,21). The first-order chi connectivity index (χ1) is 10.4. The molecule has 0 radical (unpaired) electrons. The smallest absolute Gasteiger partial charge is 0.422 e. The molecule has 8 heteroatoms. The third-order valence-electron chi connectivity index (χ3n) is 2.49. The third kappa shape index (κ3) is 7.70. The average Bonchev–Trinajstić information content (AvgIpc) is 2.48. The number of halogens is 3. The fourth-order valence-corrected chi connectivity index (χ4v) is 1.50. The van der Waals surface area contributed by atoms with Crippen molar-refractivity contribution in [2.24, 2.45) is 4.99 Å². The van der Waals surface area contributed by atoms with E-state index in [1.165, 1.54) is 12.3 Å². The number of pyridine rings is 1. The van der Waals surface area contributed by atoms with Crippen molar-refractivity contribution in [3.8, 4) is 5.88 Å². The average molecular weight is 318 g/mol. The number of nitrogens with one attached hydrogen (secondary N) is 2. The Balaban J connectivity index is 2.55. The summed E-state index contributed by atoms with van der Waals surface area (Å²) in [4.78, 5) is 8.21. The minimum Gasteiger partial charge on any atom is -0.468 e. The molecule has 0 unspecified atom stereocenters. The molecule has 1 rings (SSSR count). The summed E-state index contributed by atoms with van der Waals surface area (Å²) in [6.07, 6.45) is -1.92. The van der Waals surface area contributed by atoms with Crippen LogP contribution in [0.3, 0.4) is 0 Å². The predicted octanol–water partition coefficient (Wildman–Crippen LogP) is 2.49. The molecule has 2 N–H and O–H groups in total. The van der Waals surface area contributed by atoms with Crippen LogP contribution in [0.4, 0.5) is 13.2 Å². The molecule has 1 aromatic heterocycles. The number of alkyl halides is 3. The van der Waals surface area contributed by atoms with Crippen molar-refractivity contribution in [3.05, 3.63) is 23.9 Å². The maximum atomic E-state index is 12.0. The topological polar surface area (TPSA) is 58.5 Å². The summed E-state index contributed by atoms with van der Waals surface area (Å²) in [5.74, 6) is 0.641. The summed E-state index contributed by atoms with van der Waals surface area (Å²) in [6.45, 7) is 4.62. The zero-order chi connectivity index (χ0) is 16.4. The summed E-state index contributed by atoms with van der Waals surface area (Å²) in [5, 5.41) is 6.26. The molecule has 0 aliphatic carbocycles. The number of aliphatic imine (C=N–C) groups is 1. The third-order valence-corrected chi connectivity index (χ3v) is 2.49. The normalized spacial score (nSPS) is 12.1. The first kappa shape index (κ1) is 18.1. The number of hydrogen-bond acceptors (Lipinski definition) is 3. The van der Waals surface area contributed by atoms with Crippen molar-refractivity contribution in [1.82, 2.24) is 15.6 Å². The highest BCUT2D eigenvalue weighted by Crippen LogP contribution is 2.17. The van der Waals surface area contributed by atoms with E-state index in [2.05, 4.69) is 32.3 Å². The van der Waals surface area contributed by atoms with Gasteiger partial charge in [-0.3, -0.25) is 0 Å². The van der Waals surface area contributed by atoms with E-state index in [1.807, 2.05) is 6.92 Å². The molecule has 0 aliphatic heterocycles. The minimum atomic E-state index is -4.36. The van der Waals surface area contributed by atoms with Gasteiger partial charge in [0.15, 0.2) is 12.6 Å². The Kier molecular flexibility index (Phi) is 7.48. The molecule has 1 aromatic rings. The van der Waals surface area contributed by atoms with E-state index in [-0.39, 0.29) is 5.88 Å². The molecular formula is C14H21F3N4O. The SMILES string of the molecule is CCCNC(=NCc1ccc(OCC(F)(F)F)nc1)NCC. The van der Waals surface area contributed by atoms with Gasteiger partial charge < -0.3 is 15.4 Å². The Bertz CT molecular complexity index is 460. The van der Waals surface area contributed by atoms with E-state index in [4.69, 9.17) is 0 Å². The molecule has 5 nitrogen and oxygen atoms in total. The lowest BCUT2D eigenvalue weighted by Crippen LogP contribution is -2.37. The van der Waals surface area contributed by atoms with Crippen molar-refractivity contribution in [2.75, 3.05) is 19.7 Å². The van der Waals surface area contributed by atoms with Gasteiger partial charge >= 0.3 is 6.18 Å². The van der Waals surface area contributed by atoms with Crippen LogP contribution in [0, 0.1) is 0 Å². The van der Waals surface area contributed by atoms with E-state index in [0.29, 0.717) is 12.5 Å². The fraction of sp³-hybridized carbons (Fsp3) is 0.571. The van der Waals surface area contributed by atoms with Crippen LogP contribution < -0.4 is 15.4 Å². The van der Waals surface area contributed by atoms with Gasteiger partial charge in [-0.1, -0.05) is 13.0 Å². The van der Waals surface area contributed by atoms with Crippen molar-refractivity contribution in [1.29, 1.82) is 0 Å². The minimum absolute atomic E-state index is 0.0546. The lowest BCUT2D eigenvalue weighted by atomic mass is 10.3. The number of nitrogens with zero attached hydrogens (tertiary/aromatic N) is 2. The van der Waals surface area contributed by atoms with Gasteiger partial charge in [-0.2, -0.15) is 13.2 Å². The van der Waals surface area contributed by atoms with E-state index in [9.17, 15) is 13.2 Å². The molecule has 0 fully saturated rings. The number of ether oxygens (including phenoxy) is 1. The number of rotatable bonds is 7. The van der Waals surface area contributed by atoms with Gasteiger partial charge in [0.05, 0.1) is 6.54 Å². The first-order valence-electron chi connectivity index (χ1n) is 7.11. The maximum absolute atomic E-state index is 12.0. The summed E-state index contributed by atoms with van der Waals surface area (Å²) in [6, 6.07) is 3.05. The molecule has 0 aromatic carbocycles. The van der Waals surface area contributed by atoms with Gasteiger partial charge in [-0.05, 0) is 18.9 Å². The van der Waals surface area contributed by atoms with E-state index >= 15 is 0 Å². The summed E-state index contributed by atoms with van der Waals surface area (Å²) >= 11 is 0. The van der Waals surface area contributed by atoms with Crippen LogP contribution in [0.25, 0.3) is 0 Å². The molecule has 0 aliphatic rings. The van der Waals surface area contributed by atoms with Gasteiger partial charge in [-0.25, -0.2) is 9.98 Å². The molecule has 124 valence electrons. The number of hydrogen-bond donors (Lipinski definition) is 2. The van der Waals surface area contributed by atoms with Gasteiger partial charge in [0.1, 0.15) is 0 Å². The Labute approximate surface area is 128 Å². The fourth-order valence-electron chi connectivity index (χ4n) is 1.50. The highest BCUT2D eigenvalue weighted by atomic mass is 19.4. The van der Waals surface area contributed by atoms with Crippen LogP contribution in [0.15, 0.2) is 23.3 Å².